The van der Waals surface area contributed by atoms with E-state index in [1.807, 2.05) is 0 Å². The molecule has 2 rings (SSSR count). The molecule has 0 atom stereocenters. The lowest BCUT2D eigenvalue weighted by molar-refractivity contribution is -0.0768. The summed E-state index contributed by atoms with van der Waals surface area (Å²) in [5, 5.41) is 10.7. The Bertz CT molecular complexity index is 386. The van der Waals surface area contributed by atoms with Crippen LogP contribution in [0.5, 0.6) is 5.75 Å². The summed E-state index contributed by atoms with van der Waals surface area (Å²) in [4.78, 5) is 16.9. The number of nitrogens with two attached hydrogens (primary N) is 1. The Balaban J connectivity index is 2.21. The van der Waals surface area contributed by atoms with Crippen LogP contribution in [0.2, 0.25) is 0 Å². The monoisotopic (exact) mass is 208 g/mol. The lowest BCUT2D eigenvalue weighted by atomic mass is 10.2. The molecule has 3 N–H and O–H groups in total. The molecule has 0 spiro atoms. The molecule has 80 valence electrons. The Morgan fingerprint density at radius 2 is 2.33 bits per heavy atom. The van der Waals surface area contributed by atoms with E-state index in [2.05, 4.69) is 0 Å². The molecule has 1 fully saturated rings. The predicted octanol–water partition coefficient (Wildman–Crippen LogP) is 0.752. The molecule has 1 aliphatic heterocycles. The molecule has 5 nitrogen and oxygen atoms in total. The van der Waals surface area contributed by atoms with Gasteiger partial charge in [-0.2, -0.15) is 0 Å². The Morgan fingerprint density at radius 3 is 2.93 bits per heavy atom. The lowest BCUT2D eigenvalue weighted by Crippen LogP contribution is -2.26. The van der Waals surface area contributed by atoms with Crippen LogP contribution in [-0.4, -0.2) is 29.2 Å². The van der Waals surface area contributed by atoms with E-state index in [0.29, 0.717) is 18.7 Å². The standard InChI is InChI=1S/C10H12N2O3/c11-8-3-2-7(6-9(8)13)10(14)12-4-1-5-15-12/h2-3,6,13H,1,4-5,11H2. The average Bonchev–Trinajstić information content (AvgIpc) is 2.74. The summed E-state index contributed by atoms with van der Waals surface area (Å²) < 4.78 is 0. The van der Waals surface area contributed by atoms with Crippen molar-refractivity contribution in [3.63, 3.8) is 0 Å². The molecule has 1 saturated heterocycles. The minimum Gasteiger partial charge on any atom is -0.506 e. The summed E-state index contributed by atoms with van der Waals surface area (Å²) in [6.45, 7) is 1.15. The number of benzene rings is 1. The van der Waals surface area contributed by atoms with E-state index in [1.165, 1.54) is 17.2 Å². The molecule has 0 unspecified atom stereocenters. The fourth-order valence-electron chi connectivity index (χ4n) is 1.43. The maximum absolute atomic E-state index is 11.8. The van der Waals surface area contributed by atoms with Gasteiger partial charge in [0.05, 0.1) is 18.8 Å². The number of carbonyl (C=O) groups is 1. The van der Waals surface area contributed by atoms with Crippen LogP contribution in [0.4, 0.5) is 5.69 Å². The molecule has 1 aromatic carbocycles. The van der Waals surface area contributed by atoms with Crippen LogP contribution in [0, 0.1) is 0 Å². The van der Waals surface area contributed by atoms with Gasteiger partial charge in [-0.15, -0.1) is 0 Å². The fourth-order valence-corrected chi connectivity index (χ4v) is 1.43. The third kappa shape index (κ3) is 1.87. The van der Waals surface area contributed by atoms with Gasteiger partial charge in [-0.3, -0.25) is 9.63 Å². The Kier molecular flexibility index (Phi) is 2.47. The first-order chi connectivity index (χ1) is 7.18. The third-order valence-electron chi connectivity index (χ3n) is 2.26. The first-order valence-corrected chi connectivity index (χ1v) is 4.72. The molecule has 1 heterocycles. The van der Waals surface area contributed by atoms with Crippen molar-refractivity contribution in [2.75, 3.05) is 18.9 Å². The van der Waals surface area contributed by atoms with Gasteiger partial charge >= 0.3 is 0 Å². The molecular formula is C10H12N2O3. The number of hydroxylamine groups is 2. The first-order valence-electron chi connectivity index (χ1n) is 4.72. The molecule has 1 amide bonds. The van der Waals surface area contributed by atoms with Crippen LogP contribution in [0.15, 0.2) is 18.2 Å². The van der Waals surface area contributed by atoms with Gasteiger partial charge in [-0.1, -0.05) is 0 Å². The summed E-state index contributed by atoms with van der Waals surface area (Å²) in [7, 11) is 0. The van der Waals surface area contributed by atoms with Crippen molar-refractivity contribution in [1.29, 1.82) is 0 Å². The van der Waals surface area contributed by atoms with Crippen molar-refractivity contribution in [3.8, 4) is 5.75 Å². The second-order valence-electron chi connectivity index (χ2n) is 3.37. The number of amides is 1. The maximum atomic E-state index is 11.8. The largest absolute Gasteiger partial charge is 0.506 e. The van der Waals surface area contributed by atoms with E-state index in [4.69, 9.17) is 10.6 Å². The van der Waals surface area contributed by atoms with E-state index in [9.17, 15) is 9.90 Å². The predicted molar refractivity (Wildman–Crippen MR) is 54.1 cm³/mol. The SMILES string of the molecule is Nc1ccc(C(=O)N2CCCO2)cc1O. The second-order valence-corrected chi connectivity index (χ2v) is 3.37. The number of aromatic hydroxyl groups is 1. The van der Waals surface area contributed by atoms with E-state index >= 15 is 0 Å². The number of anilines is 1. The van der Waals surface area contributed by atoms with Crippen molar-refractivity contribution in [2.45, 2.75) is 6.42 Å². The van der Waals surface area contributed by atoms with Crippen molar-refractivity contribution in [2.24, 2.45) is 0 Å². The number of rotatable bonds is 1. The minimum absolute atomic E-state index is 0.0833. The van der Waals surface area contributed by atoms with Crippen molar-refractivity contribution in [3.05, 3.63) is 23.8 Å². The number of carbonyl (C=O) groups excluding carboxylic acids is 1. The molecule has 0 saturated carbocycles. The van der Waals surface area contributed by atoms with Gasteiger partial charge in [0.1, 0.15) is 5.75 Å². The van der Waals surface area contributed by atoms with E-state index in [-0.39, 0.29) is 17.3 Å². The van der Waals surface area contributed by atoms with Crippen molar-refractivity contribution < 1.29 is 14.7 Å². The van der Waals surface area contributed by atoms with Gasteiger partial charge < -0.3 is 10.8 Å². The van der Waals surface area contributed by atoms with Crippen molar-refractivity contribution >= 4 is 11.6 Å². The normalized spacial score (nSPS) is 15.6. The number of nitrogen functional groups attached to an aromatic ring is 1. The van der Waals surface area contributed by atoms with Crippen LogP contribution in [0.3, 0.4) is 0 Å². The van der Waals surface area contributed by atoms with Gasteiger partial charge in [-0.05, 0) is 24.6 Å². The number of nitrogens with zero attached hydrogens (tertiary/aromatic N) is 1. The molecule has 0 aromatic heterocycles. The summed E-state index contributed by atoms with van der Waals surface area (Å²) in [5.41, 5.74) is 6.07. The summed E-state index contributed by atoms with van der Waals surface area (Å²) >= 11 is 0. The Morgan fingerprint density at radius 1 is 1.53 bits per heavy atom. The molecule has 1 aliphatic rings. The molecule has 5 heteroatoms. The topological polar surface area (TPSA) is 75.8 Å². The molecule has 0 aliphatic carbocycles. The van der Waals surface area contributed by atoms with Gasteiger partial charge in [0, 0.05) is 5.56 Å². The summed E-state index contributed by atoms with van der Waals surface area (Å²) in [6.07, 6.45) is 0.840. The van der Waals surface area contributed by atoms with E-state index < -0.39 is 0 Å². The Hall–Kier alpha value is -1.75. The maximum Gasteiger partial charge on any atom is 0.277 e. The minimum atomic E-state index is -0.247. The third-order valence-corrected chi connectivity index (χ3v) is 2.26. The summed E-state index contributed by atoms with van der Waals surface area (Å²) in [5.74, 6) is -0.331. The molecule has 0 radical (unpaired) electrons. The highest BCUT2D eigenvalue weighted by atomic mass is 16.7. The zero-order chi connectivity index (χ0) is 10.8. The van der Waals surface area contributed by atoms with Crippen LogP contribution in [0.25, 0.3) is 0 Å². The number of phenolic OH excluding ortho intramolecular Hbond substituents is 1. The molecule has 15 heavy (non-hydrogen) atoms. The summed E-state index contributed by atoms with van der Waals surface area (Å²) in [6, 6.07) is 4.41. The lowest BCUT2D eigenvalue weighted by Gasteiger charge is -2.13. The smallest absolute Gasteiger partial charge is 0.277 e. The molecule has 0 bridgehead atoms. The highest BCUT2D eigenvalue weighted by Crippen LogP contribution is 2.22. The highest BCUT2D eigenvalue weighted by molar-refractivity contribution is 5.94. The number of hydrogen-bond donors (Lipinski definition) is 2. The van der Waals surface area contributed by atoms with Gasteiger partial charge in [0.25, 0.3) is 5.91 Å². The van der Waals surface area contributed by atoms with Gasteiger partial charge in [0.15, 0.2) is 0 Å². The van der Waals surface area contributed by atoms with Crippen LogP contribution in [0.1, 0.15) is 16.8 Å². The zero-order valence-corrected chi connectivity index (χ0v) is 8.14. The Labute approximate surface area is 87.0 Å². The van der Waals surface area contributed by atoms with E-state index in [1.54, 1.807) is 6.07 Å². The van der Waals surface area contributed by atoms with Crippen LogP contribution in [-0.2, 0) is 4.84 Å². The van der Waals surface area contributed by atoms with Crippen LogP contribution >= 0.6 is 0 Å². The van der Waals surface area contributed by atoms with Gasteiger partial charge in [0.2, 0.25) is 0 Å². The fraction of sp³-hybridized carbons (Fsp3) is 0.300. The zero-order valence-electron chi connectivity index (χ0n) is 8.14. The first kappa shape index (κ1) is 9.79. The number of phenols is 1. The molecular weight excluding hydrogens is 196 g/mol. The average molecular weight is 208 g/mol. The highest BCUT2D eigenvalue weighted by Gasteiger charge is 2.21. The quantitative estimate of drug-likeness (QED) is 0.527. The number of hydrogen-bond acceptors (Lipinski definition) is 4. The second kappa shape index (κ2) is 3.78. The van der Waals surface area contributed by atoms with Crippen molar-refractivity contribution in [1.82, 2.24) is 5.06 Å². The van der Waals surface area contributed by atoms with Crippen LogP contribution < -0.4 is 5.73 Å². The molecule has 1 aromatic rings. The van der Waals surface area contributed by atoms with Gasteiger partial charge in [-0.25, -0.2) is 5.06 Å². The van der Waals surface area contributed by atoms with E-state index in [0.717, 1.165) is 6.42 Å².